The first kappa shape index (κ1) is 40.4. The SMILES string of the molecule is CCC(OC)C(C)C1OC1C(OC(=O)N(C)CCO)C(C)/C=C/C=C(\C)C1OC(=O)CC(O)CCC(C)(O)C(OC(C)=O)/C=C/C1C. The Morgan fingerprint density at radius 3 is 2.49 bits per heavy atom. The fraction of sp³-hybridized carbons (Fsp3) is 0.743. The lowest BCUT2D eigenvalue weighted by Gasteiger charge is -2.32. The third kappa shape index (κ3) is 12.3. The van der Waals surface area contributed by atoms with Crippen molar-refractivity contribution in [2.45, 2.75) is 122 Å². The molecule has 1 fully saturated rings. The number of ether oxygens (including phenoxy) is 5. The second-order valence-corrected chi connectivity index (χ2v) is 13.2. The van der Waals surface area contributed by atoms with Crippen LogP contribution in [-0.4, -0.2) is 114 Å². The number of allylic oxidation sites excluding steroid dienone is 2. The molecule has 0 aromatic heterocycles. The van der Waals surface area contributed by atoms with Gasteiger partial charge in [-0.25, -0.2) is 4.79 Å². The molecule has 12 heteroatoms. The van der Waals surface area contributed by atoms with Crippen molar-refractivity contribution in [2.24, 2.45) is 17.8 Å². The maximum atomic E-state index is 12.8. The third-order valence-corrected chi connectivity index (χ3v) is 9.04. The number of aliphatic hydroxyl groups is 3. The van der Waals surface area contributed by atoms with Crippen LogP contribution in [0.15, 0.2) is 36.0 Å². The molecule has 2 aliphatic rings. The molecule has 11 unspecified atom stereocenters. The molecule has 0 radical (unpaired) electrons. The van der Waals surface area contributed by atoms with Crippen LogP contribution in [-0.2, 0) is 33.3 Å². The molecule has 3 N–H and O–H groups in total. The van der Waals surface area contributed by atoms with Crippen LogP contribution in [0.4, 0.5) is 4.79 Å². The molecule has 0 spiro atoms. The highest BCUT2D eigenvalue weighted by Crippen LogP contribution is 2.39. The van der Waals surface area contributed by atoms with E-state index in [9.17, 15) is 29.7 Å². The monoisotopic (exact) mass is 667 g/mol. The van der Waals surface area contributed by atoms with E-state index >= 15 is 0 Å². The van der Waals surface area contributed by atoms with E-state index in [2.05, 4.69) is 6.92 Å². The molecule has 12 nitrogen and oxygen atoms in total. The zero-order chi connectivity index (χ0) is 35.5. The number of hydrogen-bond acceptors (Lipinski definition) is 11. The van der Waals surface area contributed by atoms with Crippen molar-refractivity contribution in [3.63, 3.8) is 0 Å². The van der Waals surface area contributed by atoms with Crippen LogP contribution in [0, 0.1) is 17.8 Å². The summed E-state index contributed by atoms with van der Waals surface area (Å²) in [6.45, 7) is 12.4. The second kappa shape index (κ2) is 18.7. The minimum atomic E-state index is -1.46. The van der Waals surface area contributed by atoms with Gasteiger partial charge in [-0.15, -0.1) is 0 Å². The Balaban J connectivity index is 2.32. The Kier molecular flexibility index (Phi) is 16.1. The Morgan fingerprint density at radius 1 is 1.21 bits per heavy atom. The van der Waals surface area contributed by atoms with E-state index in [0.29, 0.717) is 5.57 Å². The minimum Gasteiger partial charge on any atom is -0.457 e. The topological polar surface area (TPSA) is 165 Å². The van der Waals surface area contributed by atoms with E-state index in [1.54, 1.807) is 26.3 Å². The molecule has 0 aromatic rings. The van der Waals surface area contributed by atoms with Crippen molar-refractivity contribution in [3.05, 3.63) is 36.0 Å². The molecule has 0 aromatic carbocycles. The standard InChI is InChI=1S/C35H57NO11/c1-10-27(43-9)24(5)32-33(46-32)31(47-34(41)36(8)18-19-37)22(3)13-11-12-21(2)30-23(4)14-15-28(44-25(6)38)35(7,42)17-16-26(39)20-29(40)45-30/h11-15,22-24,26-28,30-33,37,39,42H,10,16-20H2,1-9H3/b13-11+,15-14+,21-12+. The van der Waals surface area contributed by atoms with E-state index in [-0.39, 0.29) is 68.5 Å². The summed E-state index contributed by atoms with van der Waals surface area (Å²) in [6.07, 6.45) is 5.26. The van der Waals surface area contributed by atoms with Crippen LogP contribution in [0.3, 0.4) is 0 Å². The van der Waals surface area contributed by atoms with Gasteiger partial charge in [-0.3, -0.25) is 9.59 Å². The molecule has 47 heavy (non-hydrogen) atoms. The predicted octanol–water partition coefficient (Wildman–Crippen LogP) is 3.71. The van der Waals surface area contributed by atoms with E-state index in [1.807, 2.05) is 45.9 Å². The Bertz CT molecular complexity index is 1110. The summed E-state index contributed by atoms with van der Waals surface area (Å²) >= 11 is 0. The number of carbonyl (C=O) groups excluding carboxylic acids is 3. The largest absolute Gasteiger partial charge is 0.457 e. The molecule has 2 heterocycles. The van der Waals surface area contributed by atoms with Crippen molar-refractivity contribution in [1.29, 1.82) is 0 Å². The molecule has 11 atom stereocenters. The predicted molar refractivity (Wildman–Crippen MR) is 175 cm³/mol. The van der Waals surface area contributed by atoms with Crippen molar-refractivity contribution in [2.75, 3.05) is 27.3 Å². The van der Waals surface area contributed by atoms with Gasteiger partial charge in [0.15, 0.2) is 0 Å². The Labute approximate surface area is 279 Å². The normalized spacial score (nSPS) is 32.2. The molecular formula is C35H57NO11. The zero-order valence-electron chi connectivity index (χ0n) is 29.5. The third-order valence-electron chi connectivity index (χ3n) is 9.04. The van der Waals surface area contributed by atoms with Gasteiger partial charge >= 0.3 is 18.0 Å². The molecule has 268 valence electrons. The van der Waals surface area contributed by atoms with Gasteiger partial charge < -0.3 is 43.9 Å². The van der Waals surface area contributed by atoms with Gasteiger partial charge in [-0.05, 0) is 44.8 Å². The number of carbonyl (C=O) groups is 3. The average Bonchev–Trinajstić information content (AvgIpc) is 3.80. The Hall–Kier alpha value is -2.77. The van der Waals surface area contributed by atoms with E-state index in [4.69, 9.17) is 23.7 Å². The number of epoxide rings is 1. The van der Waals surface area contributed by atoms with Crippen LogP contribution in [0.1, 0.15) is 74.1 Å². The van der Waals surface area contributed by atoms with Crippen LogP contribution in [0.2, 0.25) is 0 Å². The molecule has 1 saturated heterocycles. The number of amides is 1. The van der Waals surface area contributed by atoms with Crippen molar-refractivity contribution < 1.29 is 53.4 Å². The fourth-order valence-corrected chi connectivity index (χ4v) is 5.93. The fourth-order valence-electron chi connectivity index (χ4n) is 5.93. The van der Waals surface area contributed by atoms with Gasteiger partial charge in [0, 0.05) is 45.4 Å². The average molecular weight is 668 g/mol. The molecule has 2 rings (SSSR count). The maximum absolute atomic E-state index is 12.8. The van der Waals surface area contributed by atoms with Crippen LogP contribution >= 0.6 is 0 Å². The summed E-state index contributed by atoms with van der Waals surface area (Å²) in [5.74, 6) is -1.69. The zero-order valence-corrected chi connectivity index (χ0v) is 29.5. The molecular weight excluding hydrogens is 610 g/mol. The summed E-state index contributed by atoms with van der Waals surface area (Å²) in [7, 11) is 3.23. The molecule has 2 aliphatic heterocycles. The number of cyclic esters (lactones) is 1. The molecule has 0 saturated carbocycles. The van der Waals surface area contributed by atoms with Gasteiger partial charge in [0.25, 0.3) is 0 Å². The summed E-state index contributed by atoms with van der Waals surface area (Å²) < 4.78 is 28.8. The number of hydrogen-bond donors (Lipinski definition) is 3. The smallest absolute Gasteiger partial charge is 0.409 e. The summed E-state index contributed by atoms with van der Waals surface area (Å²) in [6, 6.07) is 0. The Morgan fingerprint density at radius 2 is 1.89 bits per heavy atom. The first-order valence-corrected chi connectivity index (χ1v) is 16.6. The second-order valence-electron chi connectivity index (χ2n) is 13.2. The first-order chi connectivity index (χ1) is 22.1. The number of rotatable bonds is 13. The van der Waals surface area contributed by atoms with Crippen LogP contribution < -0.4 is 0 Å². The molecule has 0 bridgehead atoms. The highest BCUT2D eigenvalue weighted by atomic mass is 16.6. The van der Waals surface area contributed by atoms with Gasteiger partial charge in [0.2, 0.25) is 0 Å². The minimum absolute atomic E-state index is 0.00363. The first-order valence-electron chi connectivity index (χ1n) is 16.6. The highest BCUT2D eigenvalue weighted by molar-refractivity contribution is 5.70. The van der Waals surface area contributed by atoms with Gasteiger partial charge in [-0.2, -0.15) is 0 Å². The lowest BCUT2D eigenvalue weighted by molar-refractivity contribution is -0.157. The van der Waals surface area contributed by atoms with Crippen LogP contribution in [0.25, 0.3) is 0 Å². The van der Waals surface area contributed by atoms with Gasteiger partial charge in [0.1, 0.15) is 30.0 Å². The summed E-state index contributed by atoms with van der Waals surface area (Å²) in [5, 5.41) is 30.8. The maximum Gasteiger partial charge on any atom is 0.409 e. The van der Waals surface area contributed by atoms with Crippen molar-refractivity contribution in [1.82, 2.24) is 4.90 Å². The number of nitrogens with zero attached hydrogens (tertiary/aromatic N) is 1. The van der Waals surface area contributed by atoms with E-state index < -0.39 is 48.0 Å². The number of esters is 2. The summed E-state index contributed by atoms with van der Waals surface area (Å²) in [5.41, 5.74) is -0.751. The van der Waals surface area contributed by atoms with E-state index in [0.717, 1.165) is 6.42 Å². The number of likely N-dealkylation sites (N-methyl/N-ethyl adjacent to an activating group) is 1. The van der Waals surface area contributed by atoms with Crippen molar-refractivity contribution >= 4 is 18.0 Å². The number of aliphatic hydroxyl groups excluding tert-OH is 2. The van der Waals surface area contributed by atoms with E-state index in [1.165, 1.54) is 18.7 Å². The van der Waals surface area contributed by atoms with Gasteiger partial charge in [-0.1, -0.05) is 52.0 Å². The van der Waals surface area contributed by atoms with Gasteiger partial charge in [0.05, 0.1) is 31.3 Å². The van der Waals surface area contributed by atoms with Crippen LogP contribution in [0.5, 0.6) is 0 Å². The molecule has 0 aliphatic carbocycles. The highest BCUT2D eigenvalue weighted by Gasteiger charge is 2.52. The van der Waals surface area contributed by atoms with Crippen molar-refractivity contribution in [3.8, 4) is 0 Å². The lowest BCUT2D eigenvalue weighted by atomic mass is 9.88. The molecule has 1 amide bonds. The quantitative estimate of drug-likeness (QED) is 0.0862. The number of methoxy groups -OCH3 is 1. The lowest BCUT2D eigenvalue weighted by Crippen LogP contribution is -2.42. The summed E-state index contributed by atoms with van der Waals surface area (Å²) in [4.78, 5) is 38.7.